The van der Waals surface area contributed by atoms with Gasteiger partial charge in [0.05, 0.1) is 17.9 Å². The third-order valence-corrected chi connectivity index (χ3v) is 3.57. The Morgan fingerprint density at radius 2 is 1.81 bits per heavy atom. The number of hydrogen-bond acceptors (Lipinski definition) is 6. The number of esters is 1. The van der Waals surface area contributed by atoms with Crippen molar-refractivity contribution in [1.82, 2.24) is 14.8 Å². The lowest BCUT2D eigenvalue weighted by Crippen LogP contribution is -2.20. The maximum Gasteiger partial charge on any atom is 0.338 e. The fourth-order valence-corrected chi connectivity index (χ4v) is 2.30. The molecule has 0 aliphatic rings. The first kappa shape index (κ1) is 18.1. The average Bonchev–Trinajstić information content (AvgIpc) is 3.23. The zero-order valence-electron chi connectivity index (χ0n) is 14.7. The summed E-state index contributed by atoms with van der Waals surface area (Å²) in [6.07, 6.45) is 2.98. The number of nitrogens with one attached hydrogen (secondary N) is 1. The number of rotatable bonds is 7. The van der Waals surface area contributed by atoms with E-state index in [1.807, 2.05) is 6.92 Å². The summed E-state index contributed by atoms with van der Waals surface area (Å²) in [5.41, 5.74) is 1.70. The van der Waals surface area contributed by atoms with E-state index in [4.69, 9.17) is 9.47 Å². The summed E-state index contributed by atoms with van der Waals surface area (Å²) < 4.78 is 11.9. The number of hydrogen-bond donors (Lipinski definition) is 1. The molecule has 27 heavy (non-hydrogen) atoms. The van der Waals surface area contributed by atoms with E-state index in [-0.39, 0.29) is 6.61 Å². The number of nitrogens with zero attached hydrogens (tertiary/aromatic N) is 3. The Morgan fingerprint density at radius 1 is 1.07 bits per heavy atom. The second kappa shape index (κ2) is 8.61. The fraction of sp³-hybridized carbons (Fsp3) is 0.158. The maximum atomic E-state index is 12.1. The number of anilines is 1. The third kappa shape index (κ3) is 4.91. The quantitative estimate of drug-likeness (QED) is 0.646. The van der Waals surface area contributed by atoms with Gasteiger partial charge in [0.15, 0.2) is 6.61 Å². The van der Waals surface area contributed by atoms with E-state index in [9.17, 15) is 9.59 Å². The van der Waals surface area contributed by atoms with E-state index in [1.54, 1.807) is 59.5 Å². The van der Waals surface area contributed by atoms with Gasteiger partial charge in [0.2, 0.25) is 0 Å². The van der Waals surface area contributed by atoms with E-state index in [0.29, 0.717) is 17.9 Å². The van der Waals surface area contributed by atoms with Gasteiger partial charge in [-0.2, -0.15) is 5.10 Å². The van der Waals surface area contributed by atoms with Crippen molar-refractivity contribution < 1.29 is 19.1 Å². The van der Waals surface area contributed by atoms with Crippen LogP contribution in [0.5, 0.6) is 5.75 Å². The van der Waals surface area contributed by atoms with Crippen molar-refractivity contribution in [2.75, 3.05) is 18.5 Å². The highest BCUT2D eigenvalue weighted by atomic mass is 16.5. The van der Waals surface area contributed by atoms with Crippen molar-refractivity contribution in [3.05, 3.63) is 66.7 Å². The van der Waals surface area contributed by atoms with Crippen molar-refractivity contribution >= 4 is 17.6 Å². The summed E-state index contributed by atoms with van der Waals surface area (Å²) in [6, 6.07) is 13.6. The number of aromatic nitrogens is 3. The van der Waals surface area contributed by atoms with Gasteiger partial charge >= 0.3 is 5.97 Å². The molecule has 3 aromatic rings. The Bertz CT molecular complexity index is 890. The van der Waals surface area contributed by atoms with Crippen LogP contribution in [0.15, 0.2) is 61.2 Å². The lowest BCUT2D eigenvalue weighted by Gasteiger charge is -2.08. The molecule has 0 spiro atoms. The maximum absolute atomic E-state index is 12.1. The number of amides is 1. The molecule has 1 amide bonds. The molecule has 3 rings (SSSR count). The molecule has 0 radical (unpaired) electrons. The SMILES string of the molecule is CCOc1ccc(NC(=O)COC(=O)c2ccc(-n3cncn3)cc2)cc1. The number of carbonyl (C=O) groups excluding carboxylic acids is 2. The molecular formula is C19H18N4O4. The summed E-state index contributed by atoms with van der Waals surface area (Å²) in [7, 11) is 0. The zero-order chi connectivity index (χ0) is 19.1. The summed E-state index contributed by atoms with van der Waals surface area (Å²) in [4.78, 5) is 27.9. The van der Waals surface area contributed by atoms with Gasteiger partial charge in [-0.25, -0.2) is 14.5 Å². The molecule has 0 saturated carbocycles. The Balaban J connectivity index is 1.50. The van der Waals surface area contributed by atoms with Gasteiger partial charge in [0, 0.05) is 5.69 Å². The molecule has 0 unspecified atom stereocenters. The number of benzene rings is 2. The molecular weight excluding hydrogens is 348 g/mol. The predicted octanol–water partition coefficient (Wildman–Crippen LogP) is 2.46. The van der Waals surface area contributed by atoms with Crippen LogP contribution in [0.25, 0.3) is 5.69 Å². The topological polar surface area (TPSA) is 95.3 Å². The molecule has 1 N–H and O–H groups in total. The first-order valence-electron chi connectivity index (χ1n) is 8.30. The summed E-state index contributed by atoms with van der Waals surface area (Å²) in [5, 5.41) is 6.66. The molecule has 1 aromatic heterocycles. The summed E-state index contributed by atoms with van der Waals surface area (Å²) >= 11 is 0. The molecule has 0 fully saturated rings. The van der Waals surface area contributed by atoms with Gasteiger partial charge in [-0.05, 0) is 55.5 Å². The highest BCUT2D eigenvalue weighted by Gasteiger charge is 2.11. The molecule has 1 heterocycles. The molecule has 0 atom stereocenters. The Labute approximate surface area is 155 Å². The normalized spacial score (nSPS) is 10.3. The van der Waals surface area contributed by atoms with Crippen molar-refractivity contribution in [1.29, 1.82) is 0 Å². The van der Waals surface area contributed by atoms with E-state index >= 15 is 0 Å². The van der Waals surface area contributed by atoms with Gasteiger partial charge in [-0.3, -0.25) is 4.79 Å². The first-order valence-corrected chi connectivity index (χ1v) is 8.30. The minimum Gasteiger partial charge on any atom is -0.494 e. The highest BCUT2D eigenvalue weighted by molar-refractivity contribution is 5.95. The van der Waals surface area contributed by atoms with Gasteiger partial charge in [-0.1, -0.05) is 0 Å². The van der Waals surface area contributed by atoms with Crippen LogP contribution in [0.3, 0.4) is 0 Å². The molecule has 0 bridgehead atoms. The van der Waals surface area contributed by atoms with Gasteiger partial charge in [0.1, 0.15) is 18.4 Å². The van der Waals surface area contributed by atoms with E-state index in [0.717, 1.165) is 11.4 Å². The molecule has 0 aliphatic heterocycles. The lowest BCUT2D eigenvalue weighted by atomic mass is 10.2. The van der Waals surface area contributed by atoms with E-state index < -0.39 is 11.9 Å². The monoisotopic (exact) mass is 366 g/mol. The average molecular weight is 366 g/mol. The first-order chi connectivity index (χ1) is 13.2. The highest BCUT2D eigenvalue weighted by Crippen LogP contribution is 2.15. The molecule has 2 aromatic carbocycles. The van der Waals surface area contributed by atoms with E-state index in [2.05, 4.69) is 15.4 Å². The van der Waals surface area contributed by atoms with Crippen LogP contribution < -0.4 is 10.1 Å². The standard InChI is InChI=1S/C19H18N4O4/c1-2-26-17-9-5-15(6-10-17)22-18(24)11-27-19(25)14-3-7-16(8-4-14)23-13-20-12-21-23/h3-10,12-13H,2,11H2,1H3,(H,22,24). The van der Waals surface area contributed by atoms with Crippen LogP contribution in [0.4, 0.5) is 5.69 Å². The molecule has 8 nitrogen and oxygen atoms in total. The van der Waals surface area contributed by atoms with Crippen molar-refractivity contribution in [3.63, 3.8) is 0 Å². The van der Waals surface area contributed by atoms with Gasteiger partial charge in [-0.15, -0.1) is 0 Å². The summed E-state index contributed by atoms with van der Waals surface area (Å²) in [6.45, 7) is 2.09. The minimum atomic E-state index is -0.581. The van der Waals surface area contributed by atoms with Crippen LogP contribution >= 0.6 is 0 Å². The van der Waals surface area contributed by atoms with Crippen LogP contribution in [-0.4, -0.2) is 39.9 Å². The second-order valence-electron chi connectivity index (χ2n) is 5.47. The van der Waals surface area contributed by atoms with Gasteiger partial charge < -0.3 is 14.8 Å². The van der Waals surface area contributed by atoms with Crippen molar-refractivity contribution in [2.45, 2.75) is 6.92 Å². The Morgan fingerprint density at radius 3 is 2.44 bits per heavy atom. The van der Waals surface area contributed by atoms with Gasteiger partial charge in [0.25, 0.3) is 5.91 Å². The van der Waals surface area contributed by atoms with Crippen LogP contribution in [0.1, 0.15) is 17.3 Å². The smallest absolute Gasteiger partial charge is 0.338 e. The predicted molar refractivity (Wildman–Crippen MR) is 97.9 cm³/mol. The Hall–Kier alpha value is -3.68. The van der Waals surface area contributed by atoms with Crippen LogP contribution in [-0.2, 0) is 9.53 Å². The third-order valence-electron chi connectivity index (χ3n) is 3.57. The minimum absolute atomic E-state index is 0.340. The van der Waals surface area contributed by atoms with E-state index in [1.165, 1.54) is 6.33 Å². The zero-order valence-corrected chi connectivity index (χ0v) is 14.7. The van der Waals surface area contributed by atoms with Crippen LogP contribution in [0.2, 0.25) is 0 Å². The van der Waals surface area contributed by atoms with Crippen molar-refractivity contribution in [2.24, 2.45) is 0 Å². The molecule has 8 heteroatoms. The second-order valence-corrected chi connectivity index (χ2v) is 5.47. The fourth-order valence-electron chi connectivity index (χ4n) is 2.30. The molecule has 138 valence electrons. The molecule has 0 saturated heterocycles. The summed E-state index contributed by atoms with van der Waals surface area (Å²) in [5.74, 6) is -0.287. The van der Waals surface area contributed by atoms with Crippen molar-refractivity contribution in [3.8, 4) is 11.4 Å². The largest absolute Gasteiger partial charge is 0.494 e. The Kier molecular flexibility index (Phi) is 5.78. The molecule has 0 aliphatic carbocycles. The number of carbonyl (C=O) groups is 2. The lowest BCUT2D eigenvalue weighted by molar-refractivity contribution is -0.119. The van der Waals surface area contributed by atoms with Crippen LogP contribution in [0, 0.1) is 0 Å². The number of ether oxygens (including phenoxy) is 2.